The monoisotopic (exact) mass is 448 g/mol. The summed E-state index contributed by atoms with van der Waals surface area (Å²) in [6.45, 7) is 12.6. The molecule has 9 heteroatoms. The molecule has 9 nitrogen and oxygen atoms in total. The number of aryl methyl sites for hydroxylation is 1. The fraction of sp³-hybridized carbons (Fsp3) is 0.417. The Morgan fingerprint density at radius 3 is 2.58 bits per heavy atom. The summed E-state index contributed by atoms with van der Waals surface area (Å²) in [4.78, 5) is 29.1. The Morgan fingerprint density at radius 1 is 1.21 bits per heavy atom. The van der Waals surface area contributed by atoms with Crippen LogP contribution in [0.5, 0.6) is 5.75 Å². The van der Waals surface area contributed by atoms with Crippen LogP contribution in [0.4, 0.5) is 11.6 Å². The first kappa shape index (κ1) is 22.7. The highest BCUT2D eigenvalue weighted by Crippen LogP contribution is 2.32. The summed E-state index contributed by atoms with van der Waals surface area (Å²) in [5.41, 5.74) is 1.90. The van der Waals surface area contributed by atoms with Crippen molar-refractivity contribution in [3.63, 3.8) is 0 Å². The van der Waals surface area contributed by atoms with Gasteiger partial charge in [-0.3, -0.25) is 9.47 Å². The first-order chi connectivity index (χ1) is 15.9. The normalized spacial score (nSPS) is 19.9. The van der Waals surface area contributed by atoms with Crippen LogP contribution in [0.25, 0.3) is 15.9 Å². The van der Waals surface area contributed by atoms with Crippen LogP contribution in [0.3, 0.4) is 0 Å². The summed E-state index contributed by atoms with van der Waals surface area (Å²) in [7, 11) is 3.29. The van der Waals surface area contributed by atoms with Gasteiger partial charge < -0.3 is 19.6 Å². The second-order valence-electron chi connectivity index (χ2n) is 8.41. The molecule has 1 aliphatic heterocycles. The summed E-state index contributed by atoms with van der Waals surface area (Å²) >= 11 is 0. The molecule has 1 N–H and O–H groups in total. The van der Waals surface area contributed by atoms with Crippen LogP contribution in [0.2, 0.25) is 0 Å². The minimum atomic E-state index is -0.378. The molecule has 1 fully saturated rings. The lowest BCUT2D eigenvalue weighted by molar-refractivity contribution is 0.0652. The molecule has 1 unspecified atom stereocenters. The highest BCUT2D eigenvalue weighted by Gasteiger charge is 2.36. The molecule has 3 atom stereocenters. The number of ether oxygens (including phenoxy) is 1. The first-order valence-corrected chi connectivity index (χ1v) is 10.9. The zero-order valence-corrected chi connectivity index (χ0v) is 19.3. The fourth-order valence-electron chi connectivity index (χ4n) is 4.53. The molecule has 0 spiro atoms. The summed E-state index contributed by atoms with van der Waals surface area (Å²) in [5.74, 6) is 1.52. The quantitative estimate of drug-likeness (QED) is 0.600. The van der Waals surface area contributed by atoms with Crippen LogP contribution >= 0.6 is 0 Å². The van der Waals surface area contributed by atoms with Gasteiger partial charge in [-0.2, -0.15) is 4.98 Å². The standard InChI is InChI=1S/C24H28N6O3/c1-15-12-30(16(2)17-6-8-19(33-5)9-7-17)18(14-31)13-29(15)23-22-20(28(4)24(32)27-23)10-11-21(25-3)26-22/h6-11,15-16,18,31H,12-14H2,1-2,4-5H3/t15-,16?,18-/m0/s1. The van der Waals surface area contributed by atoms with E-state index in [4.69, 9.17) is 11.3 Å². The van der Waals surface area contributed by atoms with Gasteiger partial charge in [0, 0.05) is 32.2 Å². The highest BCUT2D eigenvalue weighted by atomic mass is 16.5. The lowest BCUT2D eigenvalue weighted by Crippen LogP contribution is -2.59. The maximum atomic E-state index is 12.6. The van der Waals surface area contributed by atoms with Crippen molar-refractivity contribution in [3.8, 4) is 5.75 Å². The molecule has 1 saturated heterocycles. The van der Waals surface area contributed by atoms with E-state index in [0.717, 1.165) is 11.3 Å². The van der Waals surface area contributed by atoms with E-state index in [9.17, 15) is 9.90 Å². The van der Waals surface area contributed by atoms with E-state index in [1.165, 1.54) is 4.57 Å². The van der Waals surface area contributed by atoms with Crippen molar-refractivity contribution in [1.29, 1.82) is 0 Å². The Kier molecular flexibility index (Phi) is 6.31. The average Bonchev–Trinajstić information content (AvgIpc) is 2.85. The molecular formula is C24H28N6O3. The number of aromatic nitrogens is 3. The zero-order chi connectivity index (χ0) is 23.7. The maximum absolute atomic E-state index is 12.6. The molecule has 2 aromatic heterocycles. The smallest absolute Gasteiger partial charge is 0.350 e. The van der Waals surface area contributed by atoms with Gasteiger partial charge in [0.15, 0.2) is 5.82 Å². The number of nitrogens with zero attached hydrogens (tertiary/aromatic N) is 6. The largest absolute Gasteiger partial charge is 0.497 e. The molecule has 0 amide bonds. The van der Waals surface area contributed by atoms with Crippen LogP contribution in [0.15, 0.2) is 41.2 Å². The van der Waals surface area contributed by atoms with Crippen molar-refractivity contribution >= 4 is 22.7 Å². The van der Waals surface area contributed by atoms with Gasteiger partial charge in [0.25, 0.3) is 5.82 Å². The van der Waals surface area contributed by atoms with Gasteiger partial charge >= 0.3 is 5.69 Å². The minimum absolute atomic E-state index is 0.00898. The Hall–Kier alpha value is -3.48. The number of methoxy groups -OCH3 is 1. The molecule has 3 heterocycles. The molecule has 172 valence electrons. The van der Waals surface area contributed by atoms with Crippen molar-refractivity contribution in [2.45, 2.75) is 32.0 Å². The minimum Gasteiger partial charge on any atom is -0.497 e. The molecule has 3 aromatic rings. The third-order valence-corrected chi connectivity index (χ3v) is 6.50. The first-order valence-electron chi connectivity index (χ1n) is 10.9. The lowest BCUT2D eigenvalue weighted by atomic mass is 10.00. The molecule has 0 aliphatic carbocycles. The number of hydrogen-bond acceptors (Lipinski definition) is 7. The fourth-order valence-corrected chi connectivity index (χ4v) is 4.53. The number of fused-ring (bicyclic) bond motifs is 1. The molecule has 4 rings (SSSR count). The van der Waals surface area contributed by atoms with Gasteiger partial charge in [-0.15, -0.1) is 4.98 Å². The van der Waals surface area contributed by atoms with Crippen molar-refractivity contribution < 1.29 is 9.84 Å². The van der Waals surface area contributed by atoms with Gasteiger partial charge in [-0.25, -0.2) is 4.79 Å². The zero-order valence-electron chi connectivity index (χ0n) is 19.3. The lowest BCUT2D eigenvalue weighted by Gasteiger charge is -2.47. The van der Waals surface area contributed by atoms with Gasteiger partial charge in [0.2, 0.25) is 5.52 Å². The predicted octanol–water partition coefficient (Wildman–Crippen LogP) is 2.52. The number of aliphatic hydroxyl groups excluding tert-OH is 1. The van der Waals surface area contributed by atoms with Crippen LogP contribution in [-0.4, -0.2) is 63.4 Å². The molecule has 0 bridgehead atoms. The van der Waals surface area contributed by atoms with Crippen molar-refractivity contribution in [3.05, 3.63) is 63.9 Å². The van der Waals surface area contributed by atoms with Crippen molar-refractivity contribution in [2.75, 3.05) is 31.7 Å². The van der Waals surface area contributed by atoms with E-state index in [1.54, 1.807) is 26.3 Å². The Bertz CT molecular complexity index is 1250. The van der Waals surface area contributed by atoms with E-state index in [1.807, 2.05) is 29.2 Å². The number of piperazine rings is 1. The van der Waals surface area contributed by atoms with E-state index in [2.05, 4.69) is 33.6 Å². The van der Waals surface area contributed by atoms with Gasteiger partial charge in [0.05, 0.1) is 25.3 Å². The number of benzene rings is 1. The number of anilines is 1. The van der Waals surface area contributed by atoms with E-state index in [-0.39, 0.29) is 36.2 Å². The van der Waals surface area contributed by atoms with Crippen LogP contribution in [0, 0.1) is 6.57 Å². The van der Waals surface area contributed by atoms with Gasteiger partial charge in [-0.05, 0) is 43.7 Å². The second kappa shape index (κ2) is 9.17. The van der Waals surface area contributed by atoms with Gasteiger partial charge in [-0.1, -0.05) is 18.7 Å². The SMILES string of the molecule is [C-]#[N+]c1ccc2c(n1)c(N1C[C@@H](CO)N(C(C)c3ccc(OC)cc3)C[C@@H]1C)nc(=O)n2C. The Morgan fingerprint density at radius 2 is 1.94 bits per heavy atom. The highest BCUT2D eigenvalue weighted by molar-refractivity contribution is 5.87. The van der Waals surface area contributed by atoms with Crippen LogP contribution in [-0.2, 0) is 7.05 Å². The number of aliphatic hydroxyl groups is 1. The van der Waals surface area contributed by atoms with Gasteiger partial charge in [0.1, 0.15) is 5.75 Å². The van der Waals surface area contributed by atoms with E-state index >= 15 is 0 Å². The molecule has 1 aromatic carbocycles. The summed E-state index contributed by atoms with van der Waals surface area (Å²) in [6, 6.07) is 11.2. The van der Waals surface area contributed by atoms with Crippen LogP contribution in [0.1, 0.15) is 25.5 Å². The van der Waals surface area contributed by atoms with Crippen molar-refractivity contribution in [2.24, 2.45) is 7.05 Å². The number of hydrogen-bond donors (Lipinski definition) is 1. The third-order valence-electron chi connectivity index (χ3n) is 6.50. The Balaban J connectivity index is 1.69. The summed E-state index contributed by atoms with van der Waals surface area (Å²) in [6.07, 6.45) is 0. The topological polar surface area (TPSA) is 88.1 Å². The third kappa shape index (κ3) is 4.15. The summed E-state index contributed by atoms with van der Waals surface area (Å²) < 4.78 is 6.71. The van der Waals surface area contributed by atoms with Crippen LogP contribution < -0.4 is 15.3 Å². The average molecular weight is 449 g/mol. The molecule has 0 saturated carbocycles. The Labute approximate surface area is 192 Å². The number of rotatable bonds is 5. The number of pyridine rings is 1. The second-order valence-corrected chi connectivity index (χ2v) is 8.41. The molecule has 33 heavy (non-hydrogen) atoms. The van der Waals surface area contributed by atoms with Crippen molar-refractivity contribution in [1.82, 2.24) is 19.4 Å². The molecule has 1 aliphatic rings. The summed E-state index contributed by atoms with van der Waals surface area (Å²) in [5, 5.41) is 10.3. The predicted molar refractivity (Wildman–Crippen MR) is 127 cm³/mol. The van der Waals surface area contributed by atoms with E-state index in [0.29, 0.717) is 29.9 Å². The maximum Gasteiger partial charge on any atom is 0.350 e. The molecular weight excluding hydrogens is 420 g/mol. The molecule has 0 radical (unpaired) electrons. The van der Waals surface area contributed by atoms with E-state index < -0.39 is 0 Å².